The number of hydrogen-bond donors (Lipinski definition) is 1. The van der Waals surface area contributed by atoms with E-state index in [1.54, 1.807) is 31.2 Å². The summed E-state index contributed by atoms with van der Waals surface area (Å²) in [7, 11) is -3.82. The normalized spacial score (nSPS) is 23.1. The smallest absolute Gasteiger partial charge is 0.274 e. The first-order valence-electron chi connectivity index (χ1n) is 12.6. The van der Waals surface area contributed by atoms with Crippen LogP contribution in [-0.2, 0) is 26.8 Å². The van der Waals surface area contributed by atoms with E-state index in [0.717, 1.165) is 12.1 Å². The summed E-state index contributed by atoms with van der Waals surface area (Å²) < 4.78 is 69.8. The molecule has 2 fully saturated rings. The van der Waals surface area contributed by atoms with E-state index in [-0.39, 0.29) is 55.5 Å². The molecule has 2 aliphatic heterocycles. The number of benzene rings is 2. The summed E-state index contributed by atoms with van der Waals surface area (Å²) in [6.45, 7) is 1.97. The lowest BCUT2D eigenvalue weighted by molar-refractivity contribution is 0.0329. The van der Waals surface area contributed by atoms with Crippen molar-refractivity contribution in [2.24, 2.45) is 0 Å². The van der Waals surface area contributed by atoms with Gasteiger partial charge in [-0.15, -0.1) is 0 Å². The van der Waals surface area contributed by atoms with Crippen LogP contribution in [0.5, 0.6) is 0 Å². The summed E-state index contributed by atoms with van der Waals surface area (Å²) in [5.74, 6) is -2.05. The second-order valence-corrected chi connectivity index (χ2v) is 11.9. The number of aromatic nitrogens is 1. The van der Waals surface area contributed by atoms with Crippen molar-refractivity contribution < 1.29 is 31.3 Å². The van der Waals surface area contributed by atoms with Crippen molar-refractivity contribution in [1.29, 1.82) is 0 Å². The molecule has 38 heavy (non-hydrogen) atoms. The monoisotopic (exact) mass is 545 g/mol. The molecule has 0 spiro atoms. The Morgan fingerprint density at radius 2 is 1.84 bits per heavy atom. The molecule has 0 aliphatic carbocycles. The summed E-state index contributed by atoms with van der Waals surface area (Å²) in [6, 6.07) is 12.0. The fourth-order valence-electron chi connectivity index (χ4n) is 5.39. The molecule has 202 valence electrons. The predicted octanol–water partition coefficient (Wildman–Crippen LogP) is 4.44. The standard InChI is InChI=1S/C27H29F2N3O5S/c1-18-7-8-25(19-5-3-2-4-6-19)38(34,35)32(18)17-20-15-23(29)21(16-22(20)28)27(10-13-36-14-11-27)30-26(33)24-9-12-37-31-24/h2-6,9,12,15-16,18,25H,7-8,10-11,13-14,17H2,1H3,(H,30,33)/t18-,25+/m0/s1. The van der Waals surface area contributed by atoms with Gasteiger partial charge in [0.1, 0.15) is 23.1 Å². The Labute approximate surface area is 220 Å². The lowest BCUT2D eigenvalue weighted by atomic mass is 9.81. The summed E-state index contributed by atoms with van der Waals surface area (Å²) >= 11 is 0. The number of nitrogens with one attached hydrogen (secondary N) is 1. The third kappa shape index (κ3) is 4.97. The van der Waals surface area contributed by atoms with Crippen LogP contribution in [0.4, 0.5) is 8.78 Å². The summed E-state index contributed by atoms with van der Waals surface area (Å²) in [4.78, 5) is 12.8. The van der Waals surface area contributed by atoms with Crippen molar-refractivity contribution in [2.45, 2.75) is 56.0 Å². The first kappa shape index (κ1) is 26.5. The number of nitrogens with zero attached hydrogens (tertiary/aromatic N) is 2. The average Bonchev–Trinajstić information content (AvgIpc) is 3.44. The van der Waals surface area contributed by atoms with Gasteiger partial charge in [-0.1, -0.05) is 35.5 Å². The van der Waals surface area contributed by atoms with Crippen molar-refractivity contribution in [2.75, 3.05) is 13.2 Å². The van der Waals surface area contributed by atoms with Crippen LogP contribution in [0.1, 0.15) is 65.0 Å². The van der Waals surface area contributed by atoms with Crippen molar-refractivity contribution >= 4 is 15.9 Å². The van der Waals surface area contributed by atoms with Gasteiger partial charge in [0.25, 0.3) is 5.91 Å². The molecule has 2 atom stereocenters. The van der Waals surface area contributed by atoms with Crippen LogP contribution < -0.4 is 5.32 Å². The maximum absolute atomic E-state index is 15.7. The van der Waals surface area contributed by atoms with Crippen LogP contribution in [0.15, 0.2) is 59.3 Å². The predicted molar refractivity (Wildman–Crippen MR) is 134 cm³/mol. The molecule has 2 aliphatic rings. The van der Waals surface area contributed by atoms with Crippen molar-refractivity contribution in [3.63, 3.8) is 0 Å². The Morgan fingerprint density at radius 3 is 2.53 bits per heavy atom. The molecule has 0 radical (unpaired) electrons. The summed E-state index contributed by atoms with van der Waals surface area (Å²) in [5.41, 5.74) is -0.613. The van der Waals surface area contributed by atoms with Gasteiger partial charge >= 0.3 is 0 Å². The van der Waals surface area contributed by atoms with Gasteiger partial charge in [-0.2, -0.15) is 4.31 Å². The topological polar surface area (TPSA) is 102 Å². The van der Waals surface area contributed by atoms with Crippen molar-refractivity contribution in [1.82, 2.24) is 14.8 Å². The number of hydrogen-bond acceptors (Lipinski definition) is 6. The Morgan fingerprint density at radius 1 is 1.11 bits per heavy atom. The van der Waals surface area contributed by atoms with Crippen LogP contribution in [0, 0.1) is 11.6 Å². The Balaban J connectivity index is 1.45. The molecule has 1 aromatic heterocycles. The highest BCUT2D eigenvalue weighted by Crippen LogP contribution is 2.39. The highest BCUT2D eigenvalue weighted by molar-refractivity contribution is 7.89. The maximum atomic E-state index is 15.7. The fraction of sp³-hybridized carbons (Fsp3) is 0.407. The second-order valence-electron chi connectivity index (χ2n) is 9.87. The summed E-state index contributed by atoms with van der Waals surface area (Å²) in [6.07, 6.45) is 2.75. The van der Waals surface area contributed by atoms with Gasteiger partial charge in [-0.05, 0) is 50.3 Å². The first-order chi connectivity index (χ1) is 18.2. The zero-order valence-electron chi connectivity index (χ0n) is 20.9. The SMILES string of the molecule is C[C@H]1CC[C@H](c2ccccc2)S(=O)(=O)N1Cc1cc(F)c(C2(NC(=O)c3ccon3)CCOCC2)cc1F. The molecule has 1 amide bonds. The number of amides is 1. The molecule has 5 rings (SSSR count). The van der Waals surface area contributed by atoms with Crippen molar-refractivity contribution in [3.8, 4) is 0 Å². The molecule has 2 aromatic carbocycles. The minimum Gasteiger partial charge on any atom is -0.381 e. The molecule has 11 heteroatoms. The molecule has 2 saturated heterocycles. The zero-order chi connectivity index (χ0) is 26.9. The van der Waals surface area contributed by atoms with E-state index < -0.39 is 38.4 Å². The van der Waals surface area contributed by atoms with Gasteiger partial charge in [0, 0.05) is 43.0 Å². The van der Waals surface area contributed by atoms with Gasteiger partial charge in [0.2, 0.25) is 10.0 Å². The van der Waals surface area contributed by atoms with E-state index in [1.807, 2.05) is 6.07 Å². The van der Waals surface area contributed by atoms with E-state index >= 15 is 8.78 Å². The van der Waals surface area contributed by atoms with Gasteiger partial charge < -0.3 is 14.6 Å². The van der Waals surface area contributed by atoms with E-state index in [4.69, 9.17) is 9.26 Å². The van der Waals surface area contributed by atoms with E-state index in [2.05, 4.69) is 10.5 Å². The number of carbonyl (C=O) groups excluding carboxylic acids is 1. The second kappa shape index (κ2) is 10.5. The number of sulfonamides is 1. The quantitative estimate of drug-likeness (QED) is 0.491. The third-order valence-corrected chi connectivity index (χ3v) is 9.91. The van der Waals surface area contributed by atoms with E-state index in [0.29, 0.717) is 18.4 Å². The lowest BCUT2D eigenvalue weighted by Gasteiger charge is -2.39. The maximum Gasteiger partial charge on any atom is 0.274 e. The Bertz CT molecular complexity index is 1390. The van der Waals surface area contributed by atoms with Crippen LogP contribution in [-0.4, -0.2) is 43.0 Å². The number of ether oxygens (including phenoxy) is 1. The molecule has 0 saturated carbocycles. The van der Waals surface area contributed by atoms with Crippen LogP contribution in [0.2, 0.25) is 0 Å². The Hall–Kier alpha value is -3.15. The van der Waals surface area contributed by atoms with Gasteiger partial charge in [0.05, 0.1) is 5.54 Å². The highest BCUT2D eigenvalue weighted by atomic mass is 32.2. The highest BCUT2D eigenvalue weighted by Gasteiger charge is 2.42. The zero-order valence-corrected chi connectivity index (χ0v) is 21.7. The van der Waals surface area contributed by atoms with Crippen LogP contribution in [0.25, 0.3) is 0 Å². The fourth-order valence-corrected chi connectivity index (χ4v) is 7.58. The van der Waals surface area contributed by atoms with E-state index in [9.17, 15) is 13.2 Å². The summed E-state index contributed by atoms with van der Waals surface area (Å²) in [5, 5.41) is 5.69. The third-order valence-electron chi connectivity index (χ3n) is 7.54. The molecule has 8 nitrogen and oxygen atoms in total. The number of rotatable bonds is 6. The molecule has 1 N–H and O–H groups in total. The van der Waals surface area contributed by atoms with Gasteiger partial charge in [-0.3, -0.25) is 4.79 Å². The largest absolute Gasteiger partial charge is 0.381 e. The van der Waals surface area contributed by atoms with Gasteiger partial charge in [-0.25, -0.2) is 17.2 Å². The molecular weight excluding hydrogens is 516 g/mol. The van der Waals surface area contributed by atoms with Crippen LogP contribution in [0.3, 0.4) is 0 Å². The van der Waals surface area contributed by atoms with E-state index in [1.165, 1.54) is 16.6 Å². The number of carbonyl (C=O) groups is 1. The van der Waals surface area contributed by atoms with Gasteiger partial charge in [0.15, 0.2) is 5.69 Å². The van der Waals surface area contributed by atoms with Crippen LogP contribution >= 0.6 is 0 Å². The minimum absolute atomic E-state index is 0.0180. The molecular formula is C27H29F2N3O5S. The number of halogens is 2. The minimum atomic E-state index is -3.82. The van der Waals surface area contributed by atoms with Crippen molar-refractivity contribution in [3.05, 3.63) is 88.8 Å². The molecule has 3 aromatic rings. The Kier molecular flexibility index (Phi) is 7.34. The molecule has 3 heterocycles. The molecule has 0 bridgehead atoms. The first-order valence-corrected chi connectivity index (χ1v) is 14.1. The average molecular weight is 546 g/mol. The lowest BCUT2D eigenvalue weighted by Crippen LogP contribution is -2.50. The molecule has 0 unspecified atom stereocenters.